The maximum Gasteiger partial charge on any atom is 0.129 e. The van der Waals surface area contributed by atoms with Crippen LogP contribution in [-0.2, 0) is 0 Å². The third-order valence-electron chi connectivity index (χ3n) is 3.54. The molecule has 0 aliphatic heterocycles. The highest BCUT2D eigenvalue weighted by molar-refractivity contribution is 6.32. The Hall–Kier alpha value is -2.47. The Labute approximate surface area is 215 Å². The minimum absolute atomic E-state index is 0.792. The van der Waals surface area contributed by atoms with Gasteiger partial charge in [0.2, 0.25) is 0 Å². The number of nitrogens with zero attached hydrogens (tertiary/aromatic N) is 6. The monoisotopic (exact) mass is 492 g/mol. The largest absolute Gasteiger partial charge is 0.257 e. The molecule has 0 spiro atoms. The Morgan fingerprint density at radius 2 is 0.853 bits per heavy atom. The van der Waals surface area contributed by atoms with Crippen LogP contribution in [0.5, 0.6) is 0 Å². The standard InChI is InChI=1S/C9H12ClN.C6H9N3.C4H4N2.4C2H6/c1-5-6(2)9(10)8(4)11-7(5)3;1-4-7-5(2)9-6(3)8-4;1-2-5-4-6-3-1;4*1-2/h1-4H3;1-3H3;1-4H;4*1-2H3. The molecule has 0 fully saturated rings. The zero-order chi connectivity index (χ0) is 27.7. The number of hydrogen-bond acceptors (Lipinski definition) is 6. The van der Waals surface area contributed by atoms with E-state index in [0.29, 0.717) is 0 Å². The second-order valence-corrected chi connectivity index (χ2v) is 6.11. The van der Waals surface area contributed by atoms with Gasteiger partial charge < -0.3 is 0 Å². The van der Waals surface area contributed by atoms with Crippen molar-refractivity contribution in [2.24, 2.45) is 0 Å². The molecule has 3 aromatic heterocycles. The van der Waals surface area contributed by atoms with Gasteiger partial charge in [-0.3, -0.25) is 4.98 Å². The van der Waals surface area contributed by atoms with Crippen molar-refractivity contribution in [3.8, 4) is 0 Å². The first-order valence-corrected chi connectivity index (χ1v) is 12.6. The molecular formula is C27H49ClN6. The second-order valence-electron chi connectivity index (χ2n) is 5.73. The lowest BCUT2D eigenvalue weighted by Crippen LogP contribution is -1.97. The van der Waals surface area contributed by atoms with Crippen molar-refractivity contribution < 1.29 is 0 Å². The lowest BCUT2D eigenvalue weighted by atomic mass is 10.1. The number of pyridine rings is 1. The Kier molecular flexibility index (Phi) is 30.5. The highest BCUT2D eigenvalue weighted by Crippen LogP contribution is 2.22. The van der Waals surface area contributed by atoms with Gasteiger partial charge in [0, 0.05) is 18.1 Å². The van der Waals surface area contributed by atoms with E-state index in [1.54, 1.807) is 18.5 Å². The number of hydrogen-bond donors (Lipinski definition) is 0. The molecule has 0 atom stereocenters. The first-order chi connectivity index (χ1) is 16.2. The zero-order valence-electron chi connectivity index (χ0n) is 24.4. The lowest BCUT2D eigenvalue weighted by molar-refractivity contribution is 0.875. The molecule has 0 aliphatic carbocycles. The number of halogens is 1. The van der Waals surface area contributed by atoms with Gasteiger partial charge in [0.05, 0.1) is 10.7 Å². The van der Waals surface area contributed by atoms with Gasteiger partial charge in [0.25, 0.3) is 0 Å². The summed E-state index contributed by atoms with van der Waals surface area (Å²) in [6, 6.07) is 1.78. The second kappa shape index (κ2) is 26.8. The molecule has 0 saturated carbocycles. The Morgan fingerprint density at radius 3 is 1.12 bits per heavy atom. The van der Waals surface area contributed by atoms with Gasteiger partial charge in [-0.25, -0.2) is 24.9 Å². The SMILES string of the molecule is CC.CC.CC.CC.Cc1nc(C)c(Cl)c(C)c1C.Cc1nc(C)nc(C)n1.c1cncnc1. The first-order valence-electron chi connectivity index (χ1n) is 12.2. The molecule has 0 bridgehead atoms. The van der Waals surface area contributed by atoms with Crippen molar-refractivity contribution in [2.45, 2.75) is 104 Å². The molecule has 0 radical (unpaired) electrons. The maximum atomic E-state index is 5.99. The van der Waals surface area contributed by atoms with Gasteiger partial charge in [-0.2, -0.15) is 0 Å². The predicted octanol–water partition coefficient (Wildman–Crippen LogP) is 8.35. The molecule has 0 amide bonds. The smallest absolute Gasteiger partial charge is 0.129 e. The van der Waals surface area contributed by atoms with E-state index in [-0.39, 0.29) is 0 Å². The van der Waals surface area contributed by atoms with E-state index in [1.807, 2.05) is 104 Å². The minimum Gasteiger partial charge on any atom is -0.257 e. The summed E-state index contributed by atoms with van der Waals surface area (Å²) in [7, 11) is 0. The van der Waals surface area contributed by atoms with Gasteiger partial charge in [0.1, 0.15) is 23.8 Å². The maximum absolute atomic E-state index is 5.99. The van der Waals surface area contributed by atoms with Crippen LogP contribution in [0.1, 0.15) is 95.4 Å². The molecule has 0 unspecified atom stereocenters. The van der Waals surface area contributed by atoms with Crippen LogP contribution in [0.25, 0.3) is 0 Å². The summed E-state index contributed by atoms with van der Waals surface area (Å²) >= 11 is 5.99. The molecule has 0 saturated heterocycles. The van der Waals surface area contributed by atoms with Crippen LogP contribution >= 0.6 is 11.6 Å². The van der Waals surface area contributed by atoms with Crippen LogP contribution in [0.4, 0.5) is 0 Å². The van der Waals surface area contributed by atoms with Crippen LogP contribution in [0, 0.1) is 48.5 Å². The number of rotatable bonds is 0. The van der Waals surface area contributed by atoms with E-state index >= 15 is 0 Å². The summed E-state index contributed by atoms with van der Waals surface area (Å²) in [5.74, 6) is 2.38. The minimum atomic E-state index is 0.792. The van der Waals surface area contributed by atoms with Crippen molar-refractivity contribution in [3.05, 3.63) is 69.8 Å². The van der Waals surface area contributed by atoms with Crippen molar-refractivity contribution in [2.75, 3.05) is 0 Å². The van der Waals surface area contributed by atoms with Crippen LogP contribution in [0.3, 0.4) is 0 Å². The Morgan fingerprint density at radius 1 is 0.500 bits per heavy atom. The van der Waals surface area contributed by atoms with E-state index < -0.39 is 0 Å². The normalized spacial score (nSPS) is 8.00. The van der Waals surface area contributed by atoms with Gasteiger partial charge in [0.15, 0.2) is 0 Å². The lowest BCUT2D eigenvalue weighted by Gasteiger charge is -2.07. The Bertz CT molecular complexity index is 737. The molecule has 3 rings (SSSR count). The zero-order valence-corrected chi connectivity index (χ0v) is 25.1. The van der Waals surface area contributed by atoms with E-state index in [1.165, 1.54) is 11.9 Å². The fourth-order valence-electron chi connectivity index (χ4n) is 2.12. The fourth-order valence-corrected chi connectivity index (χ4v) is 2.31. The topological polar surface area (TPSA) is 77.3 Å². The molecule has 194 valence electrons. The highest BCUT2D eigenvalue weighted by Gasteiger charge is 2.05. The van der Waals surface area contributed by atoms with Gasteiger partial charge in [-0.1, -0.05) is 67.0 Å². The molecule has 34 heavy (non-hydrogen) atoms. The molecule has 3 heterocycles. The fraction of sp³-hybridized carbons (Fsp3) is 0.556. The third kappa shape index (κ3) is 19.0. The van der Waals surface area contributed by atoms with E-state index in [2.05, 4.69) is 29.9 Å². The quantitative estimate of drug-likeness (QED) is 0.313. The van der Waals surface area contributed by atoms with Crippen molar-refractivity contribution in [1.29, 1.82) is 0 Å². The molecule has 0 aromatic carbocycles. The molecule has 3 aromatic rings. The average Bonchev–Trinajstić information content (AvgIpc) is 2.87. The summed E-state index contributed by atoms with van der Waals surface area (Å²) in [4.78, 5) is 23.7. The summed E-state index contributed by atoms with van der Waals surface area (Å²) < 4.78 is 0. The summed E-state index contributed by atoms with van der Waals surface area (Å²) in [6.07, 6.45) is 4.88. The highest BCUT2D eigenvalue weighted by atomic mass is 35.5. The number of aryl methyl sites for hydroxylation is 5. The summed E-state index contributed by atoms with van der Waals surface area (Å²) in [6.45, 7) is 29.6. The molecular weight excluding hydrogens is 444 g/mol. The van der Waals surface area contributed by atoms with Gasteiger partial charge in [-0.15, -0.1) is 0 Å². The first kappa shape index (κ1) is 38.8. The van der Waals surface area contributed by atoms with Crippen LogP contribution < -0.4 is 0 Å². The molecule has 7 heteroatoms. The summed E-state index contributed by atoms with van der Waals surface area (Å²) in [5.41, 5.74) is 4.34. The number of aromatic nitrogens is 6. The van der Waals surface area contributed by atoms with Crippen LogP contribution in [0.15, 0.2) is 24.8 Å². The summed E-state index contributed by atoms with van der Waals surface area (Å²) in [5, 5.41) is 0.799. The van der Waals surface area contributed by atoms with Crippen LogP contribution in [0.2, 0.25) is 5.02 Å². The molecule has 0 N–H and O–H groups in total. The van der Waals surface area contributed by atoms with Crippen molar-refractivity contribution in [1.82, 2.24) is 29.9 Å². The third-order valence-corrected chi connectivity index (χ3v) is 4.09. The molecule has 0 aliphatic rings. The van der Waals surface area contributed by atoms with Gasteiger partial charge in [-0.05, 0) is 65.7 Å². The predicted molar refractivity (Wildman–Crippen MR) is 150 cm³/mol. The Balaban J connectivity index is -0.000000177. The van der Waals surface area contributed by atoms with Crippen LogP contribution in [-0.4, -0.2) is 29.9 Å². The van der Waals surface area contributed by atoms with E-state index in [9.17, 15) is 0 Å². The van der Waals surface area contributed by atoms with E-state index in [0.717, 1.165) is 39.4 Å². The van der Waals surface area contributed by atoms with Crippen molar-refractivity contribution in [3.63, 3.8) is 0 Å². The van der Waals surface area contributed by atoms with E-state index in [4.69, 9.17) is 11.6 Å². The average molecular weight is 493 g/mol. The van der Waals surface area contributed by atoms with Gasteiger partial charge >= 0.3 is 0 Å². The molecule has 6 nitrogen and oxygen atoms in total. The van der Waals surface area contributed by atoms with Crippen molar-refractivity contribution >= 4 is 11.6 Å².